The van der Waals surface area contributed by atoms with E-state index in [0.29, 0.717) is 0 Å². The lowest BCUT2D eigenvalue weighted by Gasteiger charge is -2.09. The Bertz CT molecular complexity index is 566. The Labute approximate surface area is 127 Å². The molecule has 0 amide bonds. The van der Waals surface area contributed by atoms with Gasteiger partial charge >= 0.3 is 0 Å². The molecule has 0 saturated heterocycles. The van der Waals surface area contributed by atoms with E-state index in [2.05, 4.69) is 59.3 Å². The number of thioether (sulfide) groups is 1. The maximum atomic E-state index is 9.60. The third kappa shape index (κ3) is 4.10. The second-order valence-electron chi connectivity index (χ2n) is 4.64. The molecule has 100 valence electrons. The topological polar surface area (TPSA) is 20.2 Å². The van der Waals surface area contributed by atoms with Gasteiger partial charge in [0, 0.05) is 15.1 Å². The van der Waals surface area contributed by atoms with Gasteiger partial charge in [0.2, 0.25) is 0 Å². The first-order chi connectivity index (χ1) is 9.06. The summed E-state index contributed by atoms with van der Waals surface area (Å²) < 4.78 is 0.969. The van der Waals surface area contributed by atoms with E-state index in [0.717, 1.165) is 15.8 Å². The highest BCUT2D eigenvalue weighted by atomic mass is 79.9. The van der Waals surface area contributed by atoms with Crippen molar-refractivity contribution in [3.63, 3.8) is 0 Å². The third-order valence-corrected chi connectivity index (χ3v) is 4.66. The standard InChI is InChI=1S/C16H17BrOS/c1-11-4-3-5-13(8-11)10-19-14-6-7-15(12(2)18)16(17)9-14/h3-9,12,18H,10H2,1-2H3/t12-/m0/s1. The molecule has 2 aromatic rings. The minimum atomic E-state index is -0.440. The molecular formula is C16H17BrOS. The number of aliphatic hydroxyl groups is 1. The second kappa shape index (κ2) is 6.60. The van der Waals surface area contributed by atoms with Crippen molar-refractivity contribution in [2.75, 3.05) is 0 Å². The number of benzene rings is 2. The summed E-state index contributed by atoms with van der Waals surface area (Å²) in [5.74, 6) is 0.960. The molecule has 2 aromatic carbocycles. The van der Waals surface area contributed by atoms with Crippen LogP contribution in [0.1, 0.15) is 29.7 Å². The number of aryl methyl sites for hydroxylation is 1. The normalized spacial score (nSPS) is 12.4. The van der Waals surface area contributed by atoms with Gasteiger partial charge in [-0.1, -0.05) is 51.8 Å². The Hall–Kier alpha value is -0.770. The van der Waals surface area contributed by atoms with Gasteiger partial charge in [0.25, 0.3) is 0 Å². The van der Waals surface area contributed by atoms with Gasteiger partial charge in [-0.3, -0.25) is 0 Å². The van der Waals surface area contributed by atoms with Crippen LogP contribution in [0.25, 0.3) is 0 Å². The number of aliphatic hydroxyl groups excluding tert-OH is 1. The lowest BCUT2D eigenvalue weighted by Crippen LogP contribution is -1.92. The molecule has 3 heteroatoms. The number of hydrogen-bond acceptors (Lipinski definition) is 2. The van der Waals surface area contributed by atoms with Crippen LogP contribution >= 0.6 is 27.7 Å². The maximum Gasteiger partial charge on any atom is 0.0772 e. The first kappa shape index (κ1) is 14.6. The molecule has 0 spiro atoms. The summed E-state index contributed by atoms with van der Waals surface area (Å²) in [5, 5.41) is 9.60. The summed E-state index contributed by atoms with van der Waals surface area (Å²) in [6.07, 6.45) is -0.440. The van der Waals surface area contributed by atoms with Gasteiger partial charge < -0.3 is 5.11 Å². The van der Waals surface area contributed by atoms with Crippen molar-refractivity contribution in [1.29, 1.82) is 0 Å². The molecule has 0 saturated carbocycles. The highest BCUT2D eigenvalue weighted by Crippen LogP contribution is 2.30. The van der Waals surface area contributed by atoms with Crippen LogP contribution in [0.3, 0.4) is 0 Å². The largest absolute Gasteiger partial charge is 0.389 e. The zero-order valence-electron chi connectivity index (χ0n) is 11.1. The van der Waals surface area contributed by atoms with Gasteiger partial charge in [0.1, 0.15) is 0 Å². The van der Waals surface area contributed by atoms with Gasteiger partial charge in [0.05, 0.1) is 6.10 Å². The van der Waals surface area contributed by atoms with Crippen molar-refractivity contribution in [3.05, 3.63) is 63.6 Å². The molecule has 1 atom stereocenters. The van der Waals surface area contributed by atoms with Crippen LogP contribution in [0.15, 0.2) is 51.8 Å². The third-order valence-electron chi connectivity index (χ3n) is 2.91. The quantitative estimate of drug-likeness (QED) is 0.783. The summed E-state index contributed by atoms with van der Waals surface area (Å²) in [4.78, 5) is 1.21. The number of halogens is 1. The van der Waals surface area contributed by atoms with Crippen LogP contribution < -0.4 is 0 Å². The Morgan fingerprint density at radius 1 is 1.21 bits per heavy atom. The average molecular weight is 337 g/mol. The average Bonchev–Trinajstić information content (AvgIpc) is 2.36. The van der Waals surface area contributed by atoms with E-state index in [1.165, 1.54) is 16.0 Å². The van der Waals surface area contributed by atoms with Crippen LogP contribution in [0.2, 0.25) is 0 Å². The van der Waals surface area contributed by atoms with E-state index in [1.54, 1.807) is 18.7 Å². The van der Waals surface area contributed by atoms with E-state index in [4.69, 9.17) is 0 Å². The monoisotopic (exact) mass is 336 g/mol. The fraction of sp³-hybridized carbons (Fsp3) is 0.250. The number of rotatable bonds is 4. The van der Waals surface area contributed by atoms with E-state index in [1.807, 2.05) is 6.07 Å². The first-order valence-electron chi connectivity index (χ1n) is 6.22. The molecule has 1 nitrogen and oxygen atoms in total. The molecule has 0 radical (unpaired) electrons. The van der Waals surface area contributed by atoms with Gasteiger partial charge in [-0.2, -0.15) is 0 Å². The van der Waals surface area contributed by atoms with Crippen LogP contribution in [0.5, 0.6) is 0 Å². The fourth-order valence-corrected chi connectivity index (χ4v) is 3.65. The zero-order valence-corrected chi connectivity index (χ0v) is 13.5. The van der Waals surface area contributed by atoms with Crippen molar-refractivity contribution in [2.45, 2.75) is 30.6 Å². The van der Waals surface area contributed by atoms with Crippen molar-refractivity contribution >= 4 is 27.7 Å². The van der Waals surface area contributed by atoms with Crippen molar-refractivity contribution in [3.8, 4) is 0 Å². The summed E-state index contributed by atoms with van der Waals surface area (Å²) in [5.41, 5.74) is 3.56. The Balaban J connectivity index is 2.06. The predicted molar refractivity (Wildman–Crippen MR) is 85.5 cm³/mol. The molecule has 0 aromatic heterocycles. The van der Waals surface area contributed by atoms with Crippen LogP contribution in [-0.2, 0) is 5.75 Å². The Kier molecular flexibility index (Phi) is 5.08. The van der Waals surface area contributed by atoms with E-state index in [-0.39, 0.29) is 0 Å². The Morgan fingerprint density at radius 2 is 2.00 bits per heavy atom. The lowest BCUT2D eigenvalue weighted by molar-refractivity contribution is 0.198. The van der Waals surface area contributed by atoms with Gasteiger partial charge in [-0.15, -0.1) is 11.8 Å². The molecule has 0 fully saturated rings. The van der Waals surface area contributed by atoms with Crippen LogP contribution in [0.4, 0.5) is 0 Å². The molecule has 0 aliphatic rings. The summed E-state index contributed by atoms with van der Waals surface area (Å²) >= 11 is 5.32. The Morgan fingerprint density at radius 3 is 2.63 bits per heavy atom. The summed E-state index contributed by atoms with van der Waals surface area (Å²) in [6, 6.07) is 14.7. The number of hydrogen-bond donors (Lipinski definition) is 1. The molecule has 0 bridgehead atoms. The summed E-state index contributed by atoms with van der Waals surface area (Å²) in [6.45, 7) is 3.89. The molecule has 1 N–H and O–H groups in total. The van der Waals surface area contributed by atoms with E-state index < -0.39 is 6.10 Å². The van der Waals surface area contributed by atoms with Crippen molar-refractivity contribution < 1.29 is 5.11 Å². The minimum absolute atomic E-state index is 0.440. The smallest absolute Gasteiger partial charge is 0.0772 e. The van der Waals surface area contributed by atoms with Gasteiger partial charge in [0.15, 0.2) is 0 Å². The fourth-order valence-electron chi connectivity index (χ4n) is 1.91. The molecular weight excluding hydrogens is 320 g/mol. The molecule has 0 aliphatic heterocycles. The highest BCUT2D eigenvalue weighted by molar-refractivity contribution is 9.10. The van der Waals surface area contributed by atoms with Crippen molar-refractivity contribution in [1.82, 2.24) is 0 Å². The molecule has 19 heavy (non-hydrogen) atoms. The SMILES string of the molecule is Cc1cccc(CSc2ccc([C@H](C)O)c(Br)c2)c1. The predicted octanol–water partition coefficient (Wildman–Crippen LogP) is 5.10. The van der Waals surface area contributed by atoms with Crippen LogP contribution in [0, 0.1) is 6.92 Å². The molecule has 0 unspecified atom stereocenters. The lowest BCUT2D eigenvalue weighted by atomic mass is 10.1. The molecule has 0 aliphatic carbocycles. The maximum absolute atomic E-state index is 9.60. The molecule has 0 heterocycles. The highest BCUT2D eigenvalue weighted by Gasteiger charge is 2.07. The first-order valence-corrected chi connectivity index (χ1v) is 8.00. The summed E-state index contributed by atoms with van der Waals surface area (Å²) in [7, 11) is 0. The van der Waals surface area contributed by atoms with Gasteiger partial charge in [-0.05, 0) is 37.1 Å². The molecule has 2 rings (SSSR count). The second-order valence-corrected chi connectivity index (χ2v) is 6.54. The van der Waals surface area contributed by atoms with Gasteiger partial charge in [-0.25, -0.2) is 0 Å². The van der Waals surface area contributed by atoms with Crippen molar-refractivity contribution in [2.24, 2.45) is 0 Å². The van der Waals surface area contributed by atoms with E-state index >= 15 is 0 Å². The van der Waals surface area contributed by atoms with Crippen LogP contribution in [-0.4, -0.2) is 5.11 Å². The zero-order chi connectivity index (χ0) is 13.8. The van der Waals surface area contributed by atoms with E-state index in [9.17, 15) is 5.11 Å². The minimum Gasteiger partial charge on any atom is -0.389 e.